The van der Waals surface area contributed by atoms with Crippen molar-refractivity contribution in [3.8, 4) is 0 Å². The molecule has 0 saturated heterocycles. The summed E-state index contributed by atoms with van der Waals surface area (Å²) in [5.74, 6) is -0.248. The van der Waals surface area contributed by atoms with E-state index in [1.165, 1.54) is 6.07 Å². The Morgan fingerprint density at radius 2 is 2.25 bits per heavy atom. The van der Waals surface area contributed by atoms with Crippen molar-refractivity contribution in [2.24, 2.45) is 0 Å². The van der Waals surface area contributed by atoms with Gasteiger partial charge in [0.25, 0.3) is 0 Å². The number of carbonyl (C=O) groups is 1. The summed E-state index contributed by atoms with van der Waals surface area (Å²) in [6, 6.07) is 1.49. The van der Waals surface area contributed by atoms with Crippen LogP contribution < -0.4 is 5.73 Å². The van der Waals surface area contributed by atoms with Gasteiger partial charge in [-0.1, -0.05) is 18.5 Å². The van der Waals surface area contributed by atoms with Crippen molar-refractivity contribution >= 4 is 34.4 Å². The van der Waals surface area contributed by atoms with E-state index in [0.717, 1.165) is 6.42 Å². The standard InChI is InChI=1S/C16H20ClFN4O2/c1-2-6-24-7-3-13(23)21-4-5-22-12(9-21)14(18)10-8-11(17)15(19)20-16(10)22/h8H,2-7,9H2,1H3,(H2,19,20). The molecular formula is C16H20ClFN4O2. The molecular weight excluding hydrogens is 335 g/mol. The van der Waals surface area contributed by atoms with E-state index in [9.17, 15) is 9.18 Å². The zero-order valence-electron chi connectivity index (χ0n) is 13.5. The van der Waals surface area contributed by atoms with Gasteiger partial charge in [0.1, 0.15) is 11.5 Å². The summed E-state index contributed by atoms with van der Waals surface area (Å²) in [4.78, 5) is 18.1. The van der Waals surface area contributed by atoms with Gasteiger partial charge in [-0.25, -0.2) is 9.37 Å². The van der Waals surface area contributed by atoms with Crippen LogP contribution in [0.5, 0.6) is 0 Å². The molecule has 6 nitrogen and oxygen atoms in total. The third-order valence-corrected chi connectivity index (χ3v) is 4.45. The quantitative estimate of drug-likeness (QED) is 0.837. The van der Waals surface area contributed by atoms with Crippen LogP contribution in [0.25, 0.3) is 11.0 Å². The van der Waals surface area contributed by atoms with Gasteiger partial charge in [0.05, 0.1) is 35.7 Å². The second-order valence-corrected chi connectivity index (χ2v) is 6.22. The maximum absolute atomic E-state index is 14.7. The minimum atomic E-state index is -0.390. The predicted octanol–water partition coefficient (Wildman–Crippen LogP) is 2.57. The number of nitrogens with two attached hydrogens (primary N) is 1. The van der Waals surface area contributed by atoms with E-state index in [-0.39, 0.29) is 29.1 Å². The molecule has 1 amide bonds. The molecule has 0 spiro atoms. The highest BCUT2D eigenvalue weighted by atomic mass is 35.5. The first-order valence-corrected chi connectivity index (χ1v) is 8.38. The molecule has 0 bridgehead atoms. The van der Waals surface area contributed by atoms with Gasteiger partial charge in [0.15, 0.2) is 5.82 Å². The summed E-state index contributed by atoms with van der Waals surface area (Å²) in [5.41, 5.74) is 6.64. The average molecular weight is 355 g/mol. The zero-order chi connectivity index (χ0) is 17.3. The number of nitrogens with zero attached hydrogens (tertiary/aromatic N) is 3. The van der Waals surface area contributed by atoms with Gasteiger partial charge in [-0.15, -0.1) is 0 Å². The first-order chi connectivity index (χ1) is 11.5. The minimum absolute atomic E-state index is 0.0347. The monoisotopic (exact) mass is 354 g/mol. The molecule has 2 aromatic heterocycles. The second kappa shape index (κ2) is 6.94. The summed E-state index contributed by atoms with van der Waals surface area (Å²) < 4.78 is 21.8. The van der Waals surface area contributed by atoms with Crippen LogP contribution in [0.4, 0.5) is 10.2 Å². The highest BCUT2D eigenvalue weighted by Crippen LogP contribution is 2.31. The molecule has 1 aliphatic heterocycles. The molecule has 0 unspecified atom stereocenters. The first-order valence-electron chi connectivity index (χ1n) is 8.01. The number of aromatic nitrogens is 2. The highest BCUT2D eigenvalue weighted by Gasteiger charge is 2.27. The van der Waals surface area contributed by atoms with E-state index >= 15 is 0 Å². The number of anilines is 1. The van der Waals surface area contributed by atoms with Crippen LogP contribution in [-0.2, 0) is 22.6 Å². The number of amides is 1. The van der Waals surface area contributed by atoms with E-state index in [2.05, 4.69) is 4.98 Å². The maximum Gasteiger partial charge on any atom is 0.225 e. The largest absolute Gasteiger partial charge is 0.382 e. The Morgan fingerprint density at radius 3 is 3.00 bits per heavy atom. The van der Waals surface area contributed by atoms with Gasteiger partial charge in [-0.2, -0.15) is 0 Å². The number of hydrogen-bond donors (Lipinski definition) is 1. The molecule has 2 N–H and O–H groups in total. The molecule has 3 rings (SSSR count). The molecule has 2 aromatic rings. The lowest BCUT2D eigenvalue weighted by molar-refractivity contribution is -0.133. The Labute approximate surface area is 144 Å². The smallest absolute Gasteiger partial charge is 0.225 e. The fraction of sp³-hybridized carbons (Fsp3) is 0.500. The van der Waals surface area contributed by atoms with Crippen molar-refractivity contribution in [3.05, 3.63) is 22.6 Å². The molecule has 130 valence electrons. The van der Waals surface area contributed by atoms with E-state index < -0.39 is 0 Å². The van der Waals surface area contributed by atoms with E-state index in [1.54, 1.807) is 9.47 Å². The van der Waals surface area contributed by atoms with Gasteiger partial charge in [-0.3, -0.25) is 4.79 Å². The number of rotatable bonds is 5. The lowest BCUT2D eigenvalue weighted by Crippen LogP contribution is -2.38. The van der Waals surface area contributed by atoms with Crippen molar-refractivity contribution < 1.29 is 13.9 Å². The van der Waals surface area contributed by atoms with E-state index in [4.69, 9.17) is 22.1 Å². The van der Waals surface area contributed by atoms with Gasteiger partial charge in [0.2, 0.25) is 5.91 Å². The summed E-state index contributed by atoms with van der Waals surface area (Å²) >= 11 is 5.94. The number of carbonyl (C=O) groups excluding carboxylic acids is 1. The SMILES string of the molecule is CCCOCCC(=O)N1CCn2c(c(F)c3cc(Cl)c(N)nc32)C1. The molecule has 0 fully saturated rings. The maximum atomic E-state index is 14.7. The summed E-state index contributed by atoms with van der Waals surface area (Å²) in [6.45, 7) is 4.25. The molecule has 0 saturated carbocycles. The number of hydrogen-bond acceptors (Lipinski definition) is 4. The van der Waals surface area contributed by atoms with Crippen molar-refractivity contribution in [2.45, 2.75) is 32.9 Å². The van der Waals surface area contributed by atoms with Crippen LogP contribution in [0.3, 0.4) is 0 Å². The number of ether oxygens (including phenoxy) is 1. The van der Waals surface area contributed by atoms with Gasteiger partial charge in [-0.05, 0) is 12.5 Å². The Bertz CT molecular complexity index is 777. The second-order valence-electron chi connectivity index (χ2n) is 5.82. The number of pyridine rings is 1. The van der Waals surface area contributed by atoms with Crippen LogP contribution in [0, 0.1) is 5.82 Å². The summed E-state index contributed by atoms with van der Waals surface area (Å²) in [7, 11) is 0. The molecule has 8 heteroatoms. The number of fused-ring (bicyclic) bond motifs is 3. The molecule has 0 aliphatic carbocycles. The van der Waals surface area contributed by atoms with Crippen molar-refractivity contribution in [2.75, 3.05) is 25.5 Å². The van der Waals surface area contributed by atoms with Gasteiger partial charge in [0, 0.05) is 19.7 Å². The molecule has 0 radical (unpaired) electrons. The van der Waals surface area contributed by atoms with Gasteiger partial charge >= 0.3 is 0 Å². The third kappa shape index (κ3) is 3.06. The molecule has 0 atom stereocenters. The van der Waals surface area contributed by atoms with Crippen molar-refractivity contribution in [1.82, 2.24) is 14.5 Å². The average Bonchev–Trinajstić information content (AvgIpc) is 2.84. The first kappa shape index (κ1) is 17.0. The highest BCUT2D eigenvalue weighted by molar-refractivity contribution is 6.33. The van der Waals surface area contributed by atoms with Crippen LogP contribution in [0.2, 0.25) is 5.02 Å². The zero-order valence-corrected chi connectivity index (χ0v) is 14.3. The van der Waals surface area contributed by atoms with E-state index in [0.29, 0.717) is 49.5 Å². The van der Waals surface area contributed by atoms with E-state index in [1.807, 2.05) is 6.92 Å². The van der Waals surface area contributed by atoms with Gasteiger partial charge < -0.3 is 19.9 Å². The third-order valence-electron chi connectivity index (χ3n) is 4.15. The lowest BCUT2D eigenvalue weighted by Gasteiger charge is -2.28. The van der Waals surface area contributed by atoms with Crippen LogP contribution in [0.1, 0.15) is 25.5 Å². The molecule has 1 aliphatic rings. The Kier molecular flexibility index (Phi) is 4.91. The minimum Gasteiger partial charge on any atom is -0.382 e. The Morgan fingerprint density at radius 1 is 1.46 bits per heavy atom. The number of halogens is 2. The topological polar surface area (TPSA) is 73.4 Å². The van der Waals surface area contributed by atoms with Crippen LogP contribution >= 0.6 is 11.6 Å². The van der Waals surface area contributed by atoms with Crippen LogP contribution in [0.15, 0.2) is 6.07 Å². The van der Waals surface area contributed by atoms with Crippen molar-refractivity contribution in [1.29, 1.82) is 0 Å². The number of nitrogen functional groups attached to an aromatic ring is 1. The normalized spacial score (nSPS) is 14.2. The fourth-order valence-electron chi connectivity index (χ4n) is 2.92. The Balaban J connectivity index is 1.79. The molecule has 24 heavy (non-hydrogen) atoms. The summed E-state index contributed by atoms with van der Waals surface area (Å²) in [6.07, 6.45) is 1.22. The Hall–Kier alpha value is -1.86. The fourth-order valence-corrected chi connectivity index (χ4v) is 3.07. The molecule has 0 aromatic carbocycles. The van der Waals surface area contributed by atoms with Crippen molar-refractivity contribution in [3.63, 3.8) is 0 Å². The molecule has 3 heterocycles. The lowest BCUT2D eigenvalue weighted by atomic mass is 10.2. The summed E-state index contributed by atoms with van der Waals surface area (Å²) in [5, 5.41) is 0.565. The predicted molar refractivity (Wildman–Crippen MR) is 90.3 cm³/mol. The van der Waals surface area contributed by atoms with Crippen LogP contribution in [-0.4, -0.2) is 40.1 Å².